The van der Waals surface area contributed by atoms with E-state index in [9.17, 15) is 19.2 Å². The largest absolute Gasteiger partial charge is 0.362 e. The molecule has 4 fully saturated rings. The Labute approximate surface area is 402 Å². The summed E-state index contributed by atoms with van der Waals surface area (Å²) < 4.78 is 0. The van der Waals surface area contributed by atoms with Crippen molar-refractivity contribution in [3.05, 3.63) is 119 Å². The van der Waals surface area contributed by atoms with E-state index in [1.54, 1.807) is 0 Å². The van der Waals surface area contributed by atoms with Crippen molar-refractivity contribution in [3.8, 4) is 0 Å². The Hall–Kier alpha value is -6.04. The van der Waals surface area contributed by atoms with E-state index in [0.29, 0.717) is 0 Å². The van der Waals surface area contributed by atoms with Gasteiger partial charge in [0, 0.05) is 22.7 Å². The van der Waals surface area contributed by atoms with Crippen LogP contribution in [0.1, 0.15) is 196 Å². The Morgan fingerprint density at radius 2 is 0.412 bits per heavy atom. The van der Waals surface area contributed by atoms with E-state index in [0.717, 1.165) is 96.4 Å². The van der Waals surface area contributed by atoms with Crippen LogP contribution in [-0.2, 0) is 0 Å². The van der Waals surface area contributed by atoms with Crippen molar-refractivity contribution in [3.63, 3.8) is 0 Å². The number of amides is 4. The highest BCUT2D eigenvalue weighted by Gasteiger charge is 2.40. The van der Waals surface area contributed by atoms with Crippen LogP contribution in [0.5, 0.6) is 0 Å². The Bertz CT molecular complexity index is 2070. The van der Waals surface area contributed by atoms with Gasteiger partial charge in [0.05, 0.1) is 22.3 Å². The zero-order valence-corrected chi connectivity index (χ0v) is 39.8. The zero-order valence-electron chi connectivity index (χ0n) is 39.8. The fourth-order valence-electron chi connectivity index (χ4n) is 11.8. The van der Waals surface area contributed by atoms with Gasteiger partial charge in [0.2, 0.25) is 0 Å². The van der Waals surface area contributed by atoms with Crippen LogP contribution in [0.15, 0.2) is 97.1 Å². The maximum atomic E-state index is 12.1. The predicted molar refractivity (Wildman–Crippen MR) is 272 cm³/mol. The molecular weight excluding hydrogens is 849 g/mol. The molecule has 8 N–H and O–H groups in total. The fourth-order valence-corrected chi connectivity index (χ4v) is 11.8. The third-order valence-corrected chi connectivity index (χ3v) is 15.4. The van der Waals surface area contributed by atoms with Gasteiger partial charge in [0.15, 0.2) is 0 Å². The van der Waals surface area contributed by atoms with Gasteiger partial charge >= 0.3 is 0 Å². The molecule has 12 nitrogen and oxygen atoms in total. The molecule has 0 unspecified atom stereocenters. The van der Waals surface area contributed by atoms with Gasteiger partial charge < -0.3 is 42.5 Å². The summed E-state index contributed by atoms with van der Waals surface area (Å²) >= 11 is 0. The number of carbonyl (C=O) groups is 4. The van der Waals surface area contributed by atoms with Crippen LogP contribution in [0.4, 0.5) is 22.7 Å². The lowest BCUT2D eigenvalue weighted by molar-refractivity contribution is 0.0882. The summed E-state index contributed by atoms with van der Waals surface area (Å²) in [4.78, 5) is 48.5. The average molecular weight is 921 g/mol. The molecule has 12 rings (SSSR count). The van der Waals surface area contributed by atoms with Crippen molar-refractivity contribution >= 4 is 46.4 Å². The zero-order chi connectivity index (χ0) is 46.9. The molecule has 4 aromatic carbocycles. The number of nitrogens with one attached hydrogen (secondary N) is 8. The Morgan fingerprint density at radius 3 is 0.603 bits per heavy atom. The first-order valence-electron chi connectivity index (χ1n) is 26.0. The van der Waals surface area contributed by atoms with Gasteiger partial charge in [0.1, 0.15) is 22.7 Å². The summed E-state index contributed by atoms with van der Waals surface area (Å²) in [6.07, 6.45) is 28.0. The van der Waals surface area contributed by atoms with Gasteiger partial charge in [0.25, 0.3) is 23.6 Å². The molecule has 4 aliphatic carbocycles. The van der Waals surface area contributed by atoms with Crippen molar-refractivity contribution in [1.29, 1.82) is 0 Å². The second kappa shape index (κ2) is 21.1. The van der Waals surface area contributed by atoms with E-state index in [2.05, 4.69) is 42.5 Å². The number of carbonyl (C=O) groups excluding carboxylic acids is 4. The molecule has 8 aliphatic rings. The third-order valence-electron chi connectivity index (χ3n) is 15.4. The molecule has 4 heterocycles. The Morgan fingerprint density at radius 1 is 0.235 bits per heavy atom. The molecule has 0 aromatic heterocycles. The minimum Gasteiger partial charge on any atom is -0.362 e. The van der Waals surface area contributed by atoms with E-state index in [4.69, 9.17) is 0 Å². The number of rotatable bonds is 0. The van der Waals surface area contributed by atoms with Gasteiger partial charge in [-0.2, -0.15) is 0 Å². The number of fused-ring (bicyclic) bond motifs is 4. The summed E-state index contributed by atoms with van der Waals surface area (Å²) in [5.41, 5.74) is 6.23. The highest BCUT2D eigenvalue weighted by Crippen LogP contribution is 2.37. The molecule has 0 radical (unpaired) electrons. The van der Waals surface area contributed by atoms with Gasteiger partial charge in [-0.3, -0.25) is 19.2 Å². The molecule has 4 aromatic rings. The number of hydrogen-bond acceptors (Lipinski definition) is 8. The van der Waals surface area contributed by atoms with Crippen LogP contribution >= 0.6 is 0 Å². The van der Waals surface area contributed by atoms with Crippen LogP contribution in [0.2, 0.25) is 0 Å². The quantitative estimate of drug-likeness (QED) is 0.0864. The van der Waals surface area contributed by atoms with Crippen LogP contribution in [0, 0.1) is 0 Å². The lowest BCUT2D eigenvalue weighted by Crippen LogP contribution is -2.57. The van der Waals surface area contributed by atoms with Crippen molar-refractivity contribution < 1.29 is 19.2 Å². The van der Waals surface area contributed by atoms with E-state index in [1.165, 1.54) is 103 Å². The van der Waals surface area contributed by atoms with Crippen LogP contribution in [0.3, 0.4) is 0 Å². The molecule has 68 heavy (non-hydrogen) atoms. The molecule has 0 bridgehead atoms. The predicted octanol–water partition coefficient (Wildman–Crippen LogP) is 11.6. The number of benzene rings is 4. The molecule has 4 amide bonds. The van der Waals surface area contributed by atoms with Gasteiger partial charge in [-0.25, -0.2) is 0 Å². The second-order valence-electron chi connectivity index (χ2n) is 20.5. The lowest BCUT2D eigenvalue weighted by atomic mass is 9.95. The standard InChI is InChI=1S/4C14H18N2O/c4*17-13-11-7-3-4-8-12(11)15-14(16-13)9-5-1-2-6-10-14/h4*3-4,7-8,15H,1-2,5-6,9-10H2,(H,16,17). The molecular formula is C56H72N8O4. The van der Waals surface area contributed by atoms with Gasteiger partial charge in [-0.05, 0) is 151 Å². The highest BCUT2D eigenvalue weighted by molar-refractivity contribution is 6.04. The van der Waals surface area contributed by atoms with Crippen molar-refractivity contribution in [2.45, 2.75) is 177 Å². The van der Waals surface area contributed by atoms with E-state index in [1.807, 2.05) is 97.1 Å². The topological polar surface area (TPSA) is 165 Å². The summed E-state index contributed by atoms with van der Waals surface area (Å²) in [6, 6.07) is 31.1. The SMILES string of the molecule is O=C1NC2(CCCCCC2)Nc2ccccc21.O=C1NC2(CCCCCC2)Nc2ccccc21.O=C1NC2(CCCCCC2)Nc2ccccc21.O=C1NC2(CCCCCC2)Nc2ccccc21. The number of anilines is 4. The average Bonchev–Trinajstić information content (AvgIpc) is 3.90. The molecule has 0 saturated heterocycles. The number of hydrogen-bond donors (Lipinski definition) is 8. The van der Waals surface area contributed by atoms with E-state index in [-0.39, 0.29) is 46.3 Å². The minimum atomic E-state index is -0.193. The maximum absolute atomic E-state index is 12.1. The summed E-state index contributed by atoms with van der Waals surface area (Å²) in [5.74, 6) is 0.282. The molecule has 360 valence electrons. The first-order chi connectivity index (χ1) is 33.2. The Kier molecular flexibility index (Phi) is 14.6. The first kappa shape index (κ1) is 47.0. The van der Waals surface area contributed by atoms with Crippen LogP contribution in [-0.4, -0.2) is 46.3 Å². The van der Waals surface area contributed by atoms with Crippen molar-refractivity contribution in [1.82, 2.24) is 21.3 Å². The third kappa shape index (κ3) is 11.0. The normalized spacial score (nSPS) is 22.2. The molecule has 0 atom stereocenters. The summed E-state index contributed by atoms with van der Waals surface area (Å²) in [7, 11) is 0. The van der Waals surface area contributed by atoms with Crippen LogP contribution < -0.4 is 42.5 Å². The summed E-state index contributed by atoms with van der Waals surface area (Å²) in [6.45, 7) is 0. The molecule has 12 heteroatoms. The van der Waals surface area contributed by atoms with Crippen molar-refractivity contribution in [2.24, 2.45) is 0 Å². The Balaban J connectivity index is 0.000000113. The minimum absolute atomic E-state index is 0.0706. The number of para-hydroxylation sites is 4. The highest BCUT2D eigenvalue weighted by atomic mass is 16.2. The van der Waals surface area contributed by atoms with E-state index >= 15 is 0 Å². The van der Waals surface area contributed by atoms with Crippen molar-refractivity contribution in [2.75, 3.05) is 21.3 Å². The monoisotopic (exact) mass is 921 g/mol. The van der Waals surface area contributed by atoms with E-state index < -0.39 is 0 Å². The fraction of sp³-hybridized carbons (Fsp3) is 0.500. The summed E-state index contributed by atoms with van der Waals surface area (Å²) in [5, 5.41) is 26.9. The maximum Gasteiger partial charge on any atom is 0.255 e. The van der Waals surface area contributed by atoms with Gasteiger partial charge in [-0.15, -0.1) is 0 Å². The smallest absolute Gasteiger partial charge is 0.255 e. The van der Waals surface area contributed by atoms with Crippen LogP contribution in [0.25, 0.3) is 0 Å². The molecule has 4 saturated carbocycles. The molecule has 4 aliphatic heterocycles. The molecule has 4 spiro atoms. The lowest BCUT2D eigenvalue weighted by Gasteiger charge is -2.40. The van der Waals surface area contributed by atoms with Gasteiger partial charge in [-0.1, -0.05) is 99.9 Å². The first-order valence-corrected chi connectivity index (χ1v) is 26.0. The second-order valence-corrected chi connectivity index (χ2v) is 20.5.